The minimum atomic E-state index is -0.486. The maximum Gasteiger partial charge on any atom is 0.248 e. The first-order valence-corrected chi connectivity index (χ1v) is 8.90. The van der Waals surface area contributed by atoms with E-state index < -0.39 is 11.5 Å². The standard InChI is InChI=1S/C16H26N4O2S/c1-15(2,3)14(22)19-10-23-9-12(19)13(21)18-11-7-17-20(8-11)16(4,5)6/h7-8,12H,9-10H2,1-6H3,(H,18,21). The van der Waals surface area contributed by atoms with Crippen molar-refractivity contribution in [2.75, 3.05) is 16.9 Å². The quantitative estimate of drug-likeness (QED) is 0.900. The molecule has 6 nitrogen and oxygen atoms in total. The van der Waals surface area contributed by atoms with Crippen molar-refractivity contribution in [1.29, 1.82) is 0 Å². The Hall–Kier alpha value is -1.50. The second-order valence-electron chi connectivity index (χ2n) is 7.87. The van der Waals surface area contributed by atoms with Crippen molar-refractivity contribution in [3.05, 3.63) is 12.4 Å². The van der Waals surface area contributed by atoms with Gasteiger partial charge in [-0.3, -0.25) is 14.3 Å². The Bertz CT molecular complexity index is 598. The van der Waals surface area contributed by atoms with Gasteiger partial charge in [0.25, 0.3) is 0 Å². The lowest BCUT2D eigenvalue weighted by molar-refractivity contribution is -0.143. The number of hydrogen-bond donors (Lipinski definition) is 1. The number of anilines is 1. The van der Waals surface area contributed by atoms with E-state index in [0.29, 0.717) is 17.3 Å². The average molecular weight is 338 g/mol. The number of rotatable bonds is 2. The second kappa shape index (κ2) is 6.19. The van der Waals surface area contributed by atoms with Crippen molar-refractivity contribution in [2.45, 2.75) is 53.1 Å². The monoisotopic (exact) mass is 338 g/mol. The van der Waals surface area contributed by atoms with Crippen LogP contribution >= 0.6 is 11.8 Å². The van der Waals surface area contributed by atoms with E-state index >= 15 is 0 Å². The van der Waals surface area contributed by atoms with Gasteiger partial charge < -0.3 is 10.2 Å². The van der Waals surface area contributed by atoms with Crippen molar-refractivity contribution >= 4 is 29.3 Å². The van der Waals surface area contributed by atoms with Gasteiger partial charge in [-0.1, -0.05) is 20.8 Å². The van der Waals surface area contributed by atoms with E-state index in [0.717, 1.165) is 0 Å². The highest BCUT2D eigenvalue weighted by molar-refractivity contribution is 7.99. The molecule has 1 aromatic rings. The van der Waals surface area contributed by atoms with Gasteiger partial charge in [0.15, 0.2) is 0 Å². The fourth-order valence-corrected chi connectivity index (χ4v) is 3.42. The molecule has 23 heavy (non-hydrogen) atoms. The summed E-state index contributed by atoms with van der Waals surface area (Å²) in [5, 5.41) is 7.16. The molecule has 1 atom stereocenters. The lowest BCUT2D eigenvalue weighted by Gasteiger charge is -2.29. The maximum atomic E-state index is 12.6. The number of nitrogens with one attached hydrogen (secondary N) is 1. The lowest BCUT2D eigenvalue weighted by atomic mass is 9.94. The molecule has 0 saturated carbocycles. The Labute approximate surface area is 142 Å². The number of carbonyl (C=O) groups excluding carboxylic acids is 2. The SMILES string of the molecule is CC(C)(C)C(=O)N1CSCC1C(=O)Nc1cnn(C(C)(C)C)c1. The van der Waals surface area contributed by atoms with E-state index in [9.17, 15) is 9.59 Å². The molecule has 1 aromatic heterocycles. The molecule has 1 unspecified atom stereocenters. The predicted octanol–water partition coefficient (Wildman–Crippen LogP) is 2.52. The third-order valence-electron chi connectivity index (χ3n) is 3.62. The summed E-state index contributed by atoms with van der Waals surface area (Å²) in [7, 11) is 0. The summed E-state index contributed by atoms with van der Waals surface area (Å²) in [6.45, 7) is 11.8. The highest BCUT2D eigenvalue weighted by Crippen LogP contribution is 2.28. The van der Waals surface area contributed by atoms with E-state index in [1.54, 1.807) is 22.9 Å². The van der Waals surface area contributed by atoms with Gasteiger partial charge in [0, 0.05) is 17.4 Å². The van der Waals surface area contributed by atoms with Gasteiger partial charge in [-0.15, -0.1) is 11.8 Å². The second-order valence-corrected chi connectivity index (χ2v) is 8.87. The van der Waals surface area contributed by atoms with Crippen LogP contribution < -0.4 is 5.32 Å². The fraction of sp³-hybridized carbons (Fsp3) is 0.688. The van der Waals surface area contributed by atoms with Crippen molar-refractivity contribution in [3.8, 4) is 0 Å². The van der Waals surface area contributed by atoms with E-state index in [-0.39, 0.29) is 17.4 Å². The summed E-state index contributed by atoms with van der Waals surface area (Å²) in [4.78, 5) is 26.7. The Morgan fingerprint density at radius 2 is 1.91 bits per heavy atom. The van der Waals surface area contributed by atoms with Crippen LogP contribution in [0.5, 0.6) is 0 Å². The molecule has 1 saturated heterocycles. The Morgan fingerprint density at radius 1 is 1.26 bits per heavy atom. The summed E-state index contributed by atoms with van der Waals surface area (Å²) in [5.41, 5.74) is 0.0334. The molecule has 2 heterocycles. The summed E-state index contributed by atoms with van der Waals surface area (Å²) in [6, 6.07) is -0.426. The first-order valence-electron chi connectivity index (χ1n) is 7.75. The van der Waals surface area contributed by atoms with Gasteiger partial charge in [0.05, 0.1) is 23.3 Å². The van der Waals surface area contributed by atoms with Crippen LogP contribution in [0.2, 0.25) is 0 Å². The van der Waals surface area contributed by atoms with Crippen LogP contribution in [0.3, 0.4) is 0 Å². The predicted molar refractivity (Wildman–Crippen MR) is 93.3 cm³/mol. The molecule has 2 amide bonds. The van der Waals surface area contributed by atoms with Crippen molar-refractivity contribution in [1.82, 2.24) is 14.7 Å². The molecule has 128 valence electrons. The average Bonchev–Trinajstić information content (AvgIpc) is 3.03. The number of aromatic nitrogens is 2. The molecule has 1 aliphatic rings. The van der Waals surface area contributed by atoms with Crippen LogP contribution in [-0.4, -0.2) is 44.2 Å². The molecule has 7 heteroatoms. The minimum absolute atomic E-state index is 0.00744. The number of nitrogens with zero attached hydrogens (tertiary/aromatic N) is 3. The minimum Gasteiger partial charge on any atom is -0.322 e. The van der Waals surface area contributed by atoms with Gasteiger partial charge >= 0.3 is 0 Å². The first-order chi connectivity index (χ1) is 10.5. The summed E-state index contributed by atoms with van der Waals surface area (Å²) in [6.07, 6.45) is 3.46. The van der Waals surface area contributed by atoms with Crippen molar-refractivity contribution in [2.24, 2.45) is 5.41 Å². The van der Waals surface area contributed by atoms with Crippen LogP contribution in [0.15, 0.2) is 12.4 Å². The lowest BCUT2D eigenvalue weighted by Crippen LogP contribution is -2.48. The van der Waals surface area contributed by atoms with Gasteiger partial charge in [0.1, 0.15) is 6.04 Å². The van der Waals surface area contributed by atoms with Crippen molar-refractivity contribution < 1.29 is 9.59 Å². The van der Waals surface area contributed by atoms with Gasteiger partial charge in [-0.05, 0) is 20.8 Å². The van der Waals surface area contributed by atoms with Crippen molar-refractivity contribution in [3.63, 3.8) is 0 Å². The number of carbonyl (C=O) groups is 2. The Balaban J connectivity index is 2.08. The molecule has 0 bridgehead atoms. The summed E-state index contributed by atoms with van der Waals surface area (Å²) >= 11 is 1.61. The maximum absolute atomic E-state index is 12.6. The van der Waals surface area contributed by atoms with Gasteiger partial charge in [0.2, 0.25) is 11.8 Å². The molecular formula is C16H26N4O2S. The fourth-order valence-electron chi connectivity index (χ4n) is 2.27. The zero-order chi connectivity index (χ0) is 17.4. The Morgan fingerprint density at radius 3 is 2.43 bits per heavy atom. The molecule has 0 aliphatic carbocycles. The summed E-state index contributed by atoms with van der Waals surface area (Å²) < 4.78 is 1.81. The number of hydrogen-bond acceptors (Lipinski definition) is 4. The van der Waals surface area contributed by atoms with E-state index in [1.165, 1.54) is 0 Å². The van der Waals surface area contributed by atoms with E-state index in [4.69, 9.17) is 0 Å². The van der Waals surface area contributed by atoms with Gasteiger partial charge in [-0.2, -0.15) is 5.10 Å². The van der Waals surface area contributed by atoms with E-state index in [2.05, 4.69) is 10.4 Å². The summed E-state index contributed by atoms with van der Waals surface area (Å²) in [5.74, 6) is 1.05. The van der Waals surface area contributed by atoms with Crippen LogP contribution in [0.25, 0.3) is 0 Å². The normalized spacial score (nSPS) is 19.0. The van der Waals surface area contributed by atoms with E-state index in [1.807, 2.05) is 52.4 Å². The number of amides is 2. The number of thioether (sulfide) groups is 1. The third kappa shape index (κ3) is 4.07. The molecule has 1 N–H and O–H groups in total. The van der Waals surface area contributed by atoms with Crippen LogP contribution in [-0.2, 0) is 15.1 Å². The highest BCUT2D eigenvalue weighted by Gasteiger charge is 2.39. The Kier molecular flexibility index (Phi) is 4.80. The molecule has 2 rings (SSSR count). The molecule has 0 spiro atoms. The smallest absolute Gasteiger partial charge is 0.248 e. The molecular weight excluding hydrogens is 312 g/mol. The molecule has 0 aromatic carbocycles. The zero-order valence-corrected chi connectivity index (χ0v) is 15.5. The zero-order valence-electron chi connectivity index (χ0n) is 14.7. The molecule has 1 aliphatic heterocycles. The first kappa shape index (κ1) is 17.8. The molecule has 1 fully saturated rings. The van der Waals surface area contributed by atoms with Crippen LogP contribution in [0.1, 0.15) is 41.5 Å². The molecule has 0 radical (unpaired) electrons. The van der Waals surface area contributed by atoms with Crippen LogP contribution in [0, 0.1) is 5.41 Å². The third-order valence-corrected chi connectivity index (χ3v) is 4.64. The van der Waals surface area contributed by atoms with Crippen LogP contribution in [0.4, 0.5) is 5.69 Å². The highest BCUT2D eigenvalue weighted by atomic mass is 32.2. The topological polar surface area (TPSA) is 67.2 Å². The largest absolute Gasteiger partial charge is 0.322 e. The van der Waals surface area contributed by atoms with Gasteiger partial charge in [-0.25, -0.2) is 0 Å².